The molecule has 16 heavy (non-hydrogen) atoms. The van der Waals surface area contributed by atoms with Gasteiger partial charge in [0.2, 0.25) is 0 Å². The lowest BCUT2D eigenvalue weighted by Gasteiger charge is -2.22. The van der Waals surface area contributed by atoms with E-state index in [0.29, 0.717) is 5.92 Å². The largest absolute Gasteiger partial charge is 0.371 e. The maximum atomic E-state index is 12.6. The lowest BCUT2D eigenvalue weighted by Crippen LogP contribution is -2.25. The molecule has 0 aliphatic carbocycles. The summed E-state index contributed by atoms with van der Waals surface area (Å²) in [6.07, 6.45) is -1.39. The number of rotatable bonds is 3. The molecule has 2 rings (SSSR count). The zero-order valence-electron chi connectivity index (χ0n) is 9.71. The van der Waals surface area contributed by atoms with Crippen LogP contribution in [-0.4, -0.2) is 13.1 Å². The van der Waals surface area contributed by atoms with Gasteiger partial charge in [0.25, 0.3) is 6.43 Å². The molecule has 1 aliphatic heterocycles. The summed E-state index contributed by atoms with van der Waals surface area (Å²) in [5, 5.41) is 0. The zero-order valence-corrected chi connectivity index (χ0v) is 9.71. The van der Waals surface area contributed by atoms with Gasteiger partial charge in [-0.15, -0.1) is 0 Å². The Morgan fingerprint density at radius 2 is 2.06 bits per heavy atom. The summed E-state index contributed by atoms with van der Waals surface area (Å²) in [5.41, 5.74) is 2.34. The standard InChI is InChI=1S/C13H17F2N/c1-9(2)8-16-6-5-10-3-4-11(13(14)15)7-12(10)16/h3-4,7,9,13H,5-6,8H2,1-2H3. The average Bonchev–Trinajstić information content (AvgIpc) is 2.60. The highest BCUT2D eigenvalue weighted by atomic mass is 19.3. The van der Waals surface area contributed by atoms with E-state index in [4.69, 9.17) is 0 Å². The Morgan fingerprint density at radius 1 is 1.31 bits per heavy atom. The molecule has 1 aliphatic rings. The molecule has 0 unspecified atom stereocenters. The number of benzene rings is 1. The molecule has 0 bridgehead atoms. The maximum Gasteiger partial charge on any atom is 0.263 e. The molecule has 1 aromatic rings. The third kappa shape index (κ3) is 2.18. The minimum atomic E-state index is -2.37. The van der Waals surface area contributed by atoms with Gasteiger partial charge in [-0.3, -0.25) is 0 Å². The Morgan fingerprint density at radius 3 is 2.69 bits per heavy atom. The van der Waals surface area contributed by atoms with Crippen LogP contribution >= 0.6 is 0 Å². The zero-order chi connectivity index (χ0) is 11.7. The first kappa shape index (κ1) is 11.4. The van der Waals surface area contributed by atoms with Crippen molar-refractivity contribution in [1.29, 1.82) is 0 Å². The van der Waals surface area contributed by atoms with E-state index in [-0.39, 0.29) is 5.56 Å². The Bertz CT molecular complexity index is 374. The van der Waals surface area contributed by atoms with Crippen LogP contribution < -0.4 is 4.90 Å². The first-order valence-electron chi connectivity index (χ1n) is 5.74. The van der Waals surface area contributed by atoms with Gasteiger partial charge in [0.1, 0.15) is 0 Å². The summed E-state index contributed by atoms with van der Waals surface area (Å²) in [5.74, 6) is 0.557. The second-order valence-corrected chi connectivity index (χ2v) is 4.78. The van der Waals surface area contributed by atoms with Crippen molar-refractivity contribution in [2.45, 2.75) is 26.7 Å². The highest BCUT2D eigenvalue weighted by molar-refractivity contribution is 5.59. The molecular formula is C13H17F2N. The smallest absolute Gasteiger partial charge is 0.263 e. The molecule has 1 aromatic carbocycles. The fourth-order valence-corrected chi connectivity index (χ4v) is 2.23. The molecule has 0 N–H and O–H groups in total. The van der Waals surface area contributed by atoms with E-state index in [1.165, 1.54) is 5.56 Å². The van der Waals surface area contributed by atoms with Crippen LogP contribution in [0.5, 0.6) is 0 Å². The Labute approximate surface area is 95.1 Å². The number of hydrogen-bond donors (Lipinski definition) is 0. The molecule has 0 saturated heterocycles. The maximum absolute atomic E-state index is 12.6. The van der Waals surface area contributed by atoms with Crippen LogP contribution in [-0.2, 0) is 6.42 Å². The first-order chi connectivity index (χ1) is 7.58. The number of nitrogens with zero attached hydrogens (tertiary/aromatic N) is 1. The van der Waals surface area contributed by atoms with Crippen molar-refractivity contribution in [3.63, 3.8) is 0 Å². The van der Waals surface area contributed by atoms with Crippen molar-refractivity contribution in [2.24, 2.45) is 5.92 Å². The molecule has 0 fully saturated rings. The molecule has 0 saturated carbocycles. The molecule has 0 aromatic heterocycles. The van der Waals surface area contributed by atoms with Crippen molar-refractivity contribution in [2.75, 3.05) is 18.0 Å². The molecule has 0 radical (unpaired) electrons. The first-order valence-corrected chi connectivity index (χ1v) is 5.74. The average molecular weight is 225 g/mol. The lowest BCUT2D eigenvalue weighted by molar-refractivity contribution is 0.151. The highest BCUT2D eigenvalue weighted by Gasteiger charge is 2.21. The van der Waals surface area contributed by atoms with Gasteiger partial charge in [-0.25, -0.2) is 8.78 Å². The highest BCUT2D eigenvalue weighted by Crippen LogP contribution is 2.32. The molecule has 0 atom stereocenters. The SMILES string of the molecule is CC(C)CN1CCc2ccc(C(F)F)cc21. The predicted octanol–water partition coefficient (Wildman–Crippen LogP) is 3.64. The van der Waals surface area contributed by atoms with E-state index in [9.17, 15) is 8.78 Å². The minimum absolute atomic E-state index is 0.134. The van der Waals surface area contributed by atoms with E-state index in [1.807, 2.05) is 6.07 Å². The second-order valence-electron chi connectivity index (χ2n) is 4.78. The van der Waals surface area contributed by atoms with E-state index in [2.05, 4.69) is 18.7 Å². The third-order valence-electron chi connectivity index (χ3n) is 2.94. The molecule has 88 valence electrons. The third-order valence-corrected chi connectivity index (χ3v) is 2.94. The van der Waals surface area contributed by atoms with Crippen molar-refractivity contribution in [1.82, 2.24) is 0 Å². The number of fused-ring (bicyclic) bond motifs is 1. The molecule has 0 amide bonds. The van der Waals surface area contributed by atoms with E-state index in [0.717, 1.165) is 25.2 Å². The fourth-order valence-electron chi connectivity index (χ4n) is 2.23. The summed E-state index contributed by atoms with van der Waals surface area (Å²) < 4.78 is 25.2. The molecular weight excluding hydrogens is 208 g/mol. The van der Waals surface area contributed by atoms with E-state index >= 15 is 0 Å². The quantitative estimate of drug-likeness (QED) is 0.759. The Hall–Kier alpha value is -1.12. The van der Waals surface area contributed by atoms with Crippen LogP contribution in [0.3, 0.4) is 0 Å². The second kappa shape index (κ2) is 4.40. The van der Waals surface area contributed by atoms with Gasteiger partial charge in [0.15, 0.2) is 0 Å². The summed E-state index contributed by atoms with van der Waals surface area (Å²) in [6.45, 7) is 6.20. The molecule has 0 spiro atoms. The molecule has 1 nitrogen and oxygen atoms in total. The summed E-state index contributed by atoms with van der Waals surface area (Å²) >= 11 is 0. The van der Waals surface area contributed by atoms with E-state index in [1.54, 1.807) is 12.1 Å². The van der Waals surface area contributed by atoms with Gasteiger partial charge >= 0.3 is 0 Å². The van der Waals surface area contributed by atoms with Gasteiger partial charge in [-0.05, 0) is 24.0 Å². The van der Waals surface area contributed by atoms with Gasteiger partial charge in [-0.2, -0.15) is 0 Å². The topological polar surface area (TPSA) is 3.24 Å². The Balaban J connectivity index is 2.26. The van der Waals surface area contributed by atoms with Gasteiger partial charge < -0.3 is 4.90 Å². The van der Waals surface area contributed by atoms with Crippen LogP contribution in [0.25, 0.3) is 0 Å². The summed E-state index contributed by atoms with van der Waals surface area (Å²) in [6, 6.07) is 5.04. The van der Waals surface area contributed by atoms with Crippen molar-refractivity contribution in [3.8, 4) is 0 Å². The predicted molar refractivity (Wildman–Crippen MR) is 62.2 cm³/mol. The normalized spacial score (nSPS) is 15.0. The van der Waals surface area contributed by atoms with Gasteiger partial charge in [0, 0.05) is 24.3 Å². The van der Waals surface area contributed by atoms with Crippen molar-refractivity contribution < 1.29 is 8.78 Å². The monoisotopic (exact) mass is 225 g/mol. The van der Waals surface area contributed by atoms with Crippen LogP contribution in [0.15, 0.2) is 18.2 Å². The van der Waals surface area contributed by atoms with Crippen LogP contribution in [0.4, 0.5) is 14.5 Å². The number of hydrogen-bond acceptors (Lipinski definition) is 1. The van der Waals surface area contributed by atoms with Crippen molar-refractivity contribution >= 4 is 5.69 Å². The molecule has 3 heteroatoms. The van der Waals surface area contributed by atoms with Crippen LogP contribution in [0, 0.1) is 5.92 Å². The van der Waals surface area contributed by atoms with Crippen LogP contribution in [0.1, 0.15) is 31.4 Å². The minimum Gasteiger partial charge on any atom is -0.371 e. The van der Waals surface area contributed by atoms with Gasteiger partial charge in [-0.1, -0.05) is 26.0 Å². The number of anilines is 1. The fraction of sp³-hybridized carbons (Fsp3) is 0.538. The lowest BCUT2D eigenvalue weighted by atomic mass is 10.1. The molecule has 1 heterocycles. The van der Waals surface area contributed by atoms with Crippen molar-refractivity contribution in [3.05, 3.63) is 29.3 Å². The Kier molecular flexibility index (Phi) is 3.13. The van der Waals surface area contributed by atoms with Gasteiger partial charge in [0.05, 0.1) is 0 Å². The number of alkyl halides is 2. The summed E-state index contributed by atoms with van der Waals surface area (Å²) in [7, 11) is 0. The summed E-state index contributed by atoms with van der Waals surface area (Å²) in [4.78, 5) is 2.21. The van der Waals surface area contributed by atoms with Crippen LogP contribution in [0.2, 0.25) is 0 Å². The number of halogens is 2. The van der Waals surface area contributed by atoms with E-state index < -0.39 is 6.43 Å².